The second-order valence-electron chi connectivity index (χ2n) is 4.55. The fraction of sp³-hybridized carbons (Fsp3) is 0.917. The lowest BCUT2D eigenvalue weighted by molar-refractivity contribution is -0.129. The highest BCUT2D eigenvalue weighted by molar-refractivity contribution is 8.00. The molecule has 1 fully saturated rings. The molecule has 1 saturated heterocycles. The molecule has 4 nitrogen and oxygen atoms in total. The molecule has 1 amide bonds. The lowest BCUT2D eigenvalue weighted by atomic mass is 10.1. The van der Waals surface area contributed by atoms with Crippen molar-refractivity contribution in [3.8, 4) is 0 Å². The molecule has 17 heavy (non-hydrogen) atoms. The van der Waals surface area contributed by atoms with Crippen LogP contribution in [0.2, 0.25) is 0 Å². The summed E-state index contributed by atoms with van der Waals surface area (Å²) in [7, 11) is 0. The molecular formula is C12H24N2O2S. The fourth-order valence-corrected chi connectivity index (χ4v) is 3.07. The Morgan fingerprint density at radius 2 is 2.06 bits per heavy atom. The Morgan fingerprint density at radius 3 is 2.59 bits per heavy atom. The van der Waals surface area contributed by atoms with Crippen LogP contribution in [0.15, 0.2) is 0 Å². The number of likely N-dealkylation sites (tertiary alicyclic amines) is 1. The molecule has 2 atom stereocenters. The van der Waals surface area contributed by atoms with Gasteiger partial charge in [0.1, 0.15) is 0 Å². The summed E-state index contributed by atoms with van der Waals surface area (Å²) in [5.41, 5.74) is 5.89. The molecule has 1 rings (SSSR count). The van der Waals surface area contributed by atoms with E-state index in [1.165, 1.54) is 18.2 Å². The van der Waals surface area contributed by atoms with Gasteiger partial charge < -0.3 is 15.7 Å². The van der Waals surface area contributed by atoms with Crippen LogP contribution in [-0.2, 0) is 4.79 Å². The van der Waals surface area contributed by atoms with E-state index in [2.05, 4.69) is 0 Å². The van der Waals surface area contributed by atoms with Crippen molar-refractivity contribution in [1.29, 1.82) is 0 Å². The van der Waals surface area contributed by atoms with Gasteiger partial charge in [-0.3, -0.25) is 4.79 Å². The maximum atomic E-state index is 11.9. The van der Waals surface area contributed by atoms with Crippen molar-refractivity contribution in [3.63, 3.8) is 0 Å². The Hall–Kier alpha value is -0.260. The highest BCUT2D eigenvalue weighted by atomic mass is 32.2. The van der Waals surface area contributed by atoms with Crippen molar-refractivity contribution in [2.45, 2.75) is 43.9 Å². The molecule has 0 spiro atoms. The van der Waals surface area contributed by atoms with E-state index in [0.29, 0.717) is 5.75 Å². The number of amides is 1. The topological polar surface area (TPSA) is 66.6 Å². The van der Waals surface area contributed by atoms with Crippen LogP contribution in [0.5, 0.6) is 0 Å². The van der Waals surface area contributed by atoms with Gasteiger partial charge in [-0.25, -0.2) is 0 Å². The van der Waals surface area contributed by atoms with E-state index in [0.717, 1.165) is 32.4 Å². The Bertz CT molecular complexity index is 233. The smallest absolute Gasteiger partial charge is 0.232 e. The van der Waals surface area contributed by atoms with Gasteiger partial charge in [-0.05, 0) is 25.7 Å². The number of aliphatic hydroxyl groups excluding tert-OH is 1. The molecule has 0 aromatic heterocycles. The maximum absolute atomic E-state index is 11.9. The second kappa shape index (κ2) is 7.95. The lowest BCUT2D eigenvalue weighted by Crippen LogP contribution is -2.39. The number of piperidine rings is 1. The number of carbonyl (C=O) groups is 1. The number of hydrogen-bond acceptors (Lipinski definition) is 4. The summed E-state index contributed by atoms with van der Waals surface area (Å²) in [4.78, 5) is 13.8. The summed E-state index contributed by atoms with van der Waals surface area (Å²) in [6, 6.07) is -0.0286. The van der Waals surface area contributed by atoms with Crippen LogP contribution in [0.1, 0.15) is 32.6 Å². The number of rotatable bonds is 6. The third kappa shape index (κ3) is 4.85. The van der Waals surface area contributed by atoms with Crippen LogP contribution in [0.4, 0.5) is 0 Å². The zero-order valence-corrected chi connectivity index (χ0v) is 11.4. The van der Waals surface area contributed by atoms with Crippen LogP contribution < -0.4 is 5.73 Å². The summed E-state index contributed by atoms with van der Waals surface area (Å²) in [6.07, 6.45) is 4.30. The van der Waals surface area contributed by atoms with Crippen molar-refractivity contribution in [3.05, 3.63) is 0 Å². The average molecular weight is 260 g/mol. The first-order valence-corrected chi connectivity index (χ1v) is 7.49. The molecule has 0 aliphatic carbocycles. The largest absolute Gasteiger partial charge is 0.395 e. The third-order valence-electron chi connectivity index (χ3n) is 3.26. The normalized spacial score (nSPS) is 20.1. The Balaban J connectivity index is 2.30. The molecule has 1 heterocycles. The summed E-state index contributed by atoms with van der Waals surface area (Å²) in [5, 5.41) is 9.21. The first-order chi connectivity index (χ1) is 8.19. The number of hydrogen-bond donors (Lipinski definition) is 2. The van der Waals surface area contributed by atoms with Crippen LogP contribution in [0.3, 0.4) is 0 Å². The molecule has 0 radical (unpaired) electrons. The number of aliphatic hydroxyl groups is 1. The Morgan fingerprint density at radius 1 is 1.41 bits per heavy atom. The molecule has 0 saturated carbocycles. The van der Waals surface area contributed by atoms with E-state index in [4.69, 9.17) is 5.73 Å². The molecule has 3 N–H and O–H groups in total. The van der Waals surface area contributed by atoms with Gasteiger partial charge >= 0.3 is 0 Å². The van der Waals surface area contributed by atoms with Gasteiger partial charge in [0, 0.05) is 24.4 Å². The van der Waals surface area contributed by atoms with E-state index >= 15 is 0 Å². The predicted molar refractivity (Wildman–Crippen MR) is 72.0 cm³/mol. The summed E-state index contributed by atoms with van der Waals surface area (Å²) in [5.74, 6) is 0.635. The first kappa shape index (κ1) is 14.8. The van der Waals surface area contributed by atoms with Gasteiger partial charge in [-0.15, -0.1) is 11.8 Å². The third-order valence-corrected chi connectivity index (χ3v) is 4.60. The quantitative estimate of drug-likeness (QED) is 0.742. The molecule has 2 unspecified atom stereocenters. The standard InChI is InChI=1S/C12H24N2O2S/c1-2-10(13)11(8-15)17-9-12(16)14-6-4-3-5-7-14/h10-11,15H,2-9,13H2,1H3. The van der Waals surface area contributed by atoms with E-state index in [1.54, 1.807) is 0 Å². The van der Waals surface area contributed by atoms with Crippen molar-refractivity contribution in [2.24, 2.45) is 5.73 Å². The van der Waals surface area contributed by atoms with Gasteiger partial charge in [-0.2, -0.15) is 0 Å². The fourth-order valence-electron chi connectivity index (χ4n) is 1.99. The zero-order valence-electron chi connectivity index (χ0n) is 10.6. The van der Waals surface area contributed by atoms with Crippen molar-refractivity contribution >= 4 is 17.7 Å². The SMILES string of the molecule is CCC(N)C(CO)SCC(=O)N1CCCCC1. The molecule has 1 aliphatic rings. The van der Waals surface area contributed by atoms with E-state index in [-0.39, 0.29) is 23.8 Å². The van der Waals surface area contributed by atoms with Gasteiger partial charge in [0.05, 0.1) is 12.4 Å². The van der Waals surface area contributed by atoms with Crippen LogP contribution in [0, 0.1) is 0 Å². The molecule has 5 heteroatoms. The average Bonchev–Trinajstić information content (AvgIpc) is 2.39. The monoisotopic (exact) mass is 260 g/mol. The van der Waals surface area contributed by atoms with E-state index in [9.17, 15) is 9.90 Å². The van der Waals surface area contributed by atoms with Crippen LogP contribution in [-0.4, -0.2) is 52.7 Å². The minimum absolute atomic E-state index is 0.0197. The maximum Gasteiger partial charge on any atom is 0.232 e. The summed E-state index contributed by atoms with van der Waals surface area (Å²) < 4.78 is 0. The van der Waals surface area contributed by atoms with Crippen LogP contribution >= 0.6 is 11.8 Å². The number of nitrogens with zero attached hydrogens (tertiary/aromatic N) is 1. The highest BCUT2D eigenvalue weighted by Crippen LogP contribution is 2.17. The van der Waals surface area contributed by atoms with Gasteiger partial charge in [0.25, 0.3) is 0 Å². The molecular weight excluding hydrogens is 236 g/mol. The minimum Gasteiger partial charge on any atom is -0.395 e. The van der Waals surface area contributed by atoms with E-state index in [1.807, 2.05) is 11.8 Å². The summed E-state index contributed by atoms with van der Waals surface area (Å²) in [6.45, 7) is 3.83. The Labute approximate surface area is 108 Å². The molecule has 100 valence electrons. The van der Waals surface area contributed by atoms with Gasteiger partial charge in [-0.1, -0.05) is 6.92 Å². The van der Waals surface area contributed by atoms with Gasteiger partial charge in [0.15, 0.2) is 0 Å². The van der Waals surface area contributed by atoms with Gasteiger partial charge in [0.2, 0.25) is 5.91 Å². The molecule has 0 aromatic rings. The van der Waals surface area contributed by atoms with Crippen molar-refractivity contribution in [1.82, 2.24) is 4.90 Å². The van der Waals surface area contributed by atoms with E-state index < -0.39 is 0 Å². The number of thioether (sulfide) groups is 1. The Kier molecular flexibility index (Phi) is 6.92. The van der Waals surface area contributed by atoms with Crippen molar-refractivity contribution in [2.75, 3.05) is 25.4 Å². The molecule has 0 aromatic carbocycles. The number of nitrogens with two attached hydrogens (primary N) is 1. The van der Waals surface area contributed by atoms with Crippen LogP contribution in [0.25, 0.3) is 0 Å². The number of carbonyl (C=O) groups excluding carboxylic acids is 1. The lowest BCUT2D eigenvalue weighted by Gasteiger charge is -2.27. The van der Waals surface area contributed by atoms with Crippen molar-refractivity contribution < 1.29 is 9.90 Å². The first-order valence-electron chi connectivity index (χ1n) is 6.44. The zero-order chi connectivity index (χ0) is 12.7. The molecule has 1 aliphatic heterocycles. The predicted octanol–water partition coefficient (Wildman–Crippen LogP) is 0.830. The summed E-state index contributed by atoms with van der Waals surface area (Å²) >= 11 is 1.49. The minimum atomic E-state index is -0.0286. The molecule has 0 bridgehead atoms. The highest BCUT2D eigenvalue weighted by Gasteiger charge is 2.20. The second-order valence-corrected chi connectivity index (χ2v) is 5.77.